The number of aromatic nitrogens is 2. The minimum absolute atomic E-state index is 0.0577. The fourth-order valence-electron chi connectivity index (χ4n) is 2.39. The molecule has 0 saturated carbocycles. The second-order valence-electron chi connectivity index (χ2n) is 7.61. The van der Waals surface area contributed by atoms with Gasteiger partial charge in [0.1, 0.15) is 44.0 Å². The molecular formula is C20H35N5O6. The monoisotopic (exact) mass is 441 g/mol. The van der Waals surface area contributed by atoms with Crippen LogP contribution in [0.15, 0.2) is 17.1 Å². The second-order valence-corrected chi connectivity index (χ2v) is 7.61. The number of nitrogens with zero attached hydrogens (tertiary/aromatic N) is 2. The van der Waals surface area contributed by atoms with Gasteiger partial charge in [0.25, 0.3) is 0 Å². The van der Waals surface area contributed by atoms with Gasteiger partial charge in [-0.05, 0) is 17.9 Å². The molecule has 0 spiro atoms. The lowest BCUT2D eigenvalue weighted by Gasteiger charge is -2.22. The number of anilines is 1. The highest BCUT2D eigenvalue weighted by atomic mass is 16.6. The van der Waals surface area contributed by atoms with Crippen molar-refractivity contribution in [2.75, 3.05) is 18.9 Å². The Labute approximate surface area is 182 Å². The van der Waals surface area contributed by atoms with Crippen molar-refractivity contribution in [3.05, 3.63) is 22.7 Å². The Hall–Kier alpha value is -2.50. The molecule has 0 fully saturated rings. The Balaban J connectivity index is 2.77. The van der Waals surface area contributed by atoms with Gasteiger partial charge in [-0.25, -0.2) is 4.79 Å². The molecule has 1 aromatic heterocycles. The third kappa shape index (κ3) is 8.64. The Bertz CT molecular complexity index is 739. The Morgan fingerprint density at radius 2 is 1.52 bits per heavy atom. The number of carbonyl (C=O) groups is 2. The molecule has 0 aliphatic rings. The highest BCUT2D eigenvalue weighted by Gasteiger charge is 2.25. The van der Waals surface area contributed by atoms with Crippen LogP contribution in [-0.4, -0.2) is 52.9 Å². The largest absolute Gasteiger partial charge is 0.462 e. The maximum Gasteiger partial charge on any atom is 0.351 e. The molecule has 4 atom stereocenters. The quantitative estimate of drug-likeness (QED) is 0.353. The average molecular weight is 442 g/mol. The molecule has 0 aliphatic heterocycles. The molecule has 1 heterocycles. The van der Waals surface area contributed by atoms with Crippen LogP contribution in [0.3, 0.4) is 0 Å². The van der Waals surface area contributed by atoms with Crippen molar-refractivity contribution in [2.45, 2.75) is 65.5 Å². The van der Waals surface area contributed by atoms with Crippen molar-refractivity contribution in [3.63, 3.8) is 0 Å². The third-order valence-corrected chi connectivity index (χ3v) is 5.23. The number of nitrogen functional groups attached to an aromatic ring is 1. The van der Waals surface area contributed by atoms with Gasteiger partial charge < -0.3 is 31.4 Å². The van der Waals surface area contributed by atoms with Crippen molar-refractivity contribution < 1.29 is 23.8 Å². The zero-order chi connectivity index (χ0) is 23.6. The van der Waals surface area contributed by atoms with E-state index in [9.17, 15) is 14.4 Å². The molecule has 0 saturated heterocycles. The zero-order valence-corrected chi connectivity index (χ0v) is 18.7. The summed E-state index contributed by atoms with van der Waals surface area (Å²) in [5.41, 5.74) is 16.6. The molecule has 31 heavy (non-hydrogen) atoms. The minimum Gasteiger partial charge on any atom is -0.462 e. The Morgan fingerprint density at radius 1 is 1.03 bits per heavy atom. The van der Waals surface area contributed by atoms with E-state index in [4.69, 9.17) is 31.4 Å². The fraction of sp³-hybridized carbons (Fsp3) is 0.700. The predicted octanol–water partition coefficient (Wildman–Crippen LogP) is 0.00140. The first-order chi connectivity index (χ1) is 14.6. The van der Waals surface area contributed by atoms with E-state index in [-0.39, 0.29) is 37.6 Å². The number of esters is 2. The highest BCUT2D eigenvalue weighted by Crippen LogP contribution is 2.10. The van der Waals surface area contributed by atoms with Crippen molar-refractivity contribution >= 4 is 17.8 Å². The SMILES string of the molecule is CC[C@H](C)[C@H](N)C(=O)OCC(COC(=O)[C@@H](N)[C@@H](C)CC)OCn1ccc(N)nc1=O. The Kier molecular flexibility index (Phi) is 11.2. The van der Waals surface area contributed by atoms with Crippen LogP contribution in [0.5, 0.6) is 0 Å². The summed E-state index contributed by atoms with van der Waals surface area (Å²) in [4.78, 5) is 39.8. The highest BCUT2D eigenvalue weighted by molar-refractivity contribution is 5.76. The van der Waals surface area contributed by atoms with Crippen LogP contribution in [0.25, 0.3) is 0 Å². The van der Waals surface area contributed by atoms with E-state index in [1.807, 2.05) is 27.7 Å². The van der Waals surface area contributed by atoms with E-state index in [2.05, 4.69) is 4.98 Å². The first-order valence-corrected chi connectivity index (χ1v) is 10.4. The normalized spacial score (nSPS) is 15.2. The molecule has 0 radical (unpaired) electrons. The van der Waals surface area contributed by atoms with E-state index in [0.29, 0.717) is 12.8 Å². The first-order valence-electron chi connectivity index (χ1n) is 10.4. The van der Waals surface area contributed by atoms with Gasteiger partial charge in [-0.15, -0.1) is 0 Å². The van der Waals surface area contributed by atoms with E-state index < -0.39 is 35.8 Å². The van der Waals surface area contributed by atoms with Gasteiger partial charge in [0.05, 0.1) is 0 Å². The number of carbonyl (C=O) groups excluding carboxylic acids is 2. The van der Waals surface area contributed by atoms with E-state index in [1.54, 1.807) is 0 Å². The topological polar surface area (TPSA) is 175 Å². The second kappa shape index (κ2) is 13.0. The van der Waals surface area contributed by atoms with Crippen molar-refractivity contribution in [2.24, 2.45) is 23.3 Å². The maximum absolute atomic E-state index is 12.2. The average Bonchev–Trinajstić information content (AvgIpc) is 2.76. The summed E-state index contributed by atoms with van der Waals surface area (Å²) in [6, 6.07) is -0.122. The number of hydrogen-bond acceptors (Lipinski definition) is 10. The Morgan fingerprint density at radius 3 is 1.94 bits per heavy atom. The molecule has 0 aromatic carbocycles. The van der Waals surface area contributed by atoms with Gasteiger partial charge in [0, 0.05) is 6.20 Å². The van der Waals surface area contributed by atoms with E-state index >= 15 is 0 Å². The third-order valence-electron chi connectivity index (χ3n) is 5.23. The summed E-state index contributed by atoms with van der Waals surface area (Å²) in [6.07, 6.45) is 2.01. The lowest BCUT2D eigenvalue weighted by atomic mass is 10.0. The number of ether oxygens (including phenoxy) is 3. The molecule has 0 unspecified atom stereocenters. The summed E-state index contributed by atoms with van der Waals surface area (Å²) in [5, 5.41) is 0. The standard InChI is InChI=1S/C20H35N5O6/c1-5-12(3)16(22)18(26)29-9-14(10-30-19(27)17(23)13(4)6-2)31-11-25-8-7-15(21)24-20(25)28/h7-8,12-14,16-17H,5-6,9-11,22-23H2,1-4H3,(H2,21,24,28)/t12-,13-,16-,17-/m0/s1. The zero-order valence-electron chi connectivity index (χ0n) is 18.7. The molecule has 1 aromatic rings. The molecule has 0 bridgehead atoms. The lowest BCUT2D eigenvalue weighted by molar-refractivity contribution is -0.160. The van der Waals surface area contributed by atoms with Gasteiger partial charge in [-0.2, -0.15) is 4.98 Å². The number of rotatable bonds is 13. The molecule has 6 N–H and O–H groups in total. The van der Waals surface area contributed by atoms with Crippen LogP contribution in [0.2, 0.25) is 0 Å². The van der Waals surface area contributed by atoms with Crippen LogP contribution in [-0.2, 0) is 30.5 Å². The van der Waals surface area contributed by atoms with Gasteiger partial charge in [-0.3, -0.25) is 14.2 Å². The van der Waals surface area contributed by atoms with Crippen molar-refractivity contribution in [1.82, 2.24) is 9.55 Å². The first kappa shape index (κ1) is 26.5. The van der Waals surface area contributed by atoms with Crippen LogP contribution >= 0.6 is 0 Å². The fourth-order valence-corrected chi connectivity index (χ4v) is 2.39. The summed E-state index contributed by atoms with van der Waals surface area (Å²) in [5.74, 6) is -1.21. The summed E-state index contributed by atoms with van der Waals surface area (Å²) >= 11 is 0. The molecule has 1 rings (SSSR count). The van der Waals surface area contributed by atoms with Gasteiger partial charge in [0.15, 0.2) is 0 Å². The molecule has 11 heteroatoms. The van der Waals surface area contributed by atoms with Gasteiger partial charge in [0.2, 0.25) is 0 Å². The summed E-state index contributed by atoms with van der Waals surface area (Å²) < 4.78 is 17.3. The summed E-state index contributed by atoms with van der Waals surface area (Å²) in [6.45, 7) is 6.89. The van der Waals surface area contributed by atoms with Crippen LogP contribution < -0.4 is 22.9 Å². The summed E-state index contributed by atoms with van der Waals surface area (Å²) in [7, 11) is 0. The molecule has 176 valence electrons. The lowest BCUT2D eigenvalue weighted by Crippen LogP contribution is -2.42. The van der Waals surface area contributed by atoms with Crippen molar-refractivity contribution in [3.8, 4) is 0 Å². The smallest absolute Gasteiger partial charge is 0.351 e. The van der Waals surface area contributed by atoms with Gasteiger partial charge >= 0.3 is 17.6 Å². The maximum atomic E-state index is 12.2. The number of nitrogens with two attached hydrogens (primary N) is 3. The van der Waals surface area contributed by atoms with Crippen LogP contribution in [0, 0.1) is 11.8 Å². The minimum atomic E-state index is -0.842. The van der Waals surface area contributed by atoms with Crippen LogP contribution in [0.4, 0.5) is 5.82 Å². The van der Waals surface area contributed by atoms with Crippen LogP contribution in [0.1, 0.15) is 40.5 Å². The molecule has 0 aliphatic carbocycles. The molecule has 11 nitrogen and oxygen atoms in total. The molecule has 0 amide bonds. The van der Waals surface area contributed by atoms with E-state index in [1.165, 1.54) is 16.8 Å². The van der Waals surface area contributed by atoms with E-state index in [0.717, 1.165) is 0 Å². The van der Waals surface area contributed by atoms with Gasteiger partial charge in [-0.1, -0.05) is 40.5 Å². The van der Waals surface area contributed by atoms with Crippen molar-refractivity contribution in [1.29, 1.82) is 0 Å². The predicted molar refractivity (Wildman–Crippen MR) is 115 cm³/mol. The molecular weight excluding hydrogens is 406 g/mol. The number of hydrogen-bond donors (Lipinski definition) is 3.